The maximum atomic E-state index is 11.4. The van der Waals surface area contributed by atoms with Gasteiger partial charge >= 0.3 is 0 Å². The number of carbonyl (C=O) groups excluding carboxylic acids is 1. The number of aryl methyl sites for hydroxylation is 2. The van der Waals surface area contributed by atoms with Crippen molar-refractivity contribution in [1.29, 1.82) is 0 Å². The first-order valence-corrected chi connectivity index (χ1v) is 7.64. The lowest BCUT2D eigenvalue weighted by Gasteiger charge is -2.08. The Morgan fingerprint density at radius 3 is 2.86 bits per heavy atom. The Balaban J connectivity index is 0.00000242. The standard InChI is InChI=1S/C16H24N4O.HI/c1-2-9-18-15(21)8-10-19-16(17)20-14-7-6-12-4-3-5-13(12)11-14;/h6-7,11H,2-5,8-10H2,1H3,(H,18,21)(H3,17,19,20);1H. The Morgan fingerprint density at radius 2 is 2.09 bits per heavy atom. The molecule has 1 aliphatic carbocycles. The molecule has 22 heavy (non-hydrogen) atoms. The maximum Gasteiger partial charge on any atom is 0.221 e. The molecule has 1 aromatic carbocycles. The first kappa shape index (κ1) is 18.7. The SMILES string of the molecule is CCCNC(=O)CCN=C(N)Nc1ccc2c(c1)CCC2.I. The average molecular weight is 416 g/mol. The zero-order valence-electron chi connectivity index (χ0n) is 13.0. The zero-order valence-corrected chi connectivity index (χ0v) is 15.4. The highest BCUT2D eigenvalue weighted by Gasteiger charge is 2.10. The number of benzene rings is 1. The summed E-state index contributed by atoms with van der Waals surface area (Å²) in [7, 11) is 0. The number of hydrogen-bond donors (Lipinski definition) is 3. The minimum Gasteiger partial charge on any atom is -0.370 e. The maximum absolute atomic E-state index is 11.4. The first-order valence-electron chi connectivity index (χ1n) is 7.64. The van der Waals surface area contributed by atoms with Crippen LogP contribution in [0.1, 0.15) is 37.3 Å². The summed E-state index contributed by atoms with van der Waals surface area (Å²) in [4.78, 5) is 15.6. The third-order valence-corrected chi connectivity index (χ3v) is 3.56. The van der Waals surface area contributed by atoms with E-state index in [1.54, 1.807) is 0 Å². The molecule has 4 N–H and O–H groups in total. The van der Waals surface area contributed by atoms with E-state index in [1.165, 1.54) is 24.0 Å². The fourth-order valence-corrected chi connectivity index (χ4v) is 2.47. The molecular weight excluding hydrogens is 391 g/mol. The summed E-state index contributed by atoms with van der Waals surface area (Å²) in [6.07, 6.45) is 4.85. The number of nitrogens with two attached hydrogens (primary N) is 1. The number of fused-ring (bicyclic) bond motifs is 1. The van der Waals surface area contributed by atoms with Crippen LogP contribution < -0.4 is 16.4 Å². The van der Waals surface area contributed by atoms with Gasteiger partial charge in [0, 0.05) is 18.7 Å². The number of amides is 1. The molecule has 6 heteroatoms. The van der Waals surface area contributed by atoms with Gasteiger partial charge in [0.05, 0.1) is 6.54 Å². The highest BCUT2D eigenvalue weighted by Crippen LogP contribution is 2.24. The van der Waals surface area contributed by atoms with Gasteiger partial charge in [0.2, 0.25) is 5.91 Å². The highest BCUT2D eigenvalue weighted by atomic mass is 127. The van der Waals surface area contributed by atoms with E-state index < -0.39 is 0 Å². The second-order valence-electron chi connectivity index (χ2n) is 5.33. The second kappa shape index (κ2) is 9.66. The molecule has 0 spiro atoms. The van der Waals surface area contributed by atoms with Crippen molar-refractivity contribution in [3.05, 3.63) is 29.3 Å². The number of carbonyl (C=O) groups is 1. The van der Waals surface area contributed by atoms with E-state index in [1.807, 2.05) is 13.0 Å². The van der Waals surface area contributed by atoms with E-state index in [4.69, 9.17) is 5.73 Å². The van der Waals surface area contributed by atoms with E-state index in [0.29, 0.717) is 25.5 Å². The number of anilines is 1. The van der Waals surface area contributed by atoms with Gasteiger partial charge in [0.15, 0.2) is 5.96 Å². The van der Waals surface area contributed by atoms with Crippen molar-refractivity contribution in [2.75, 3.05) is 18.4 Å². The number of nitrogens with zero attached hydrogens (tertiary/aromatic N) is 1. The molecular formula is C16H25IN4O. The van der Waals surface area contributed by atoms with Gasteiger partial charge in [-0.05, 0) is 48.9 Å². The van der Waals surface area contributed by atoms with Gasteiger partial charge < -0.3 is 16.4 Å². The van der Waals surface area contributed by atoms with Crippen LogP contribution in [0.15, 0.2) is 23.2 Å². The molecule has 0 heterocycles. The van der Waals surface area contributed by atoms with Gasteiger partial charge in [-0.1, -0.05) is 13.0 Å². The van der Waals surface area contributed by atoms with Crippen molar-refractivity contribution in [2.45, 2.75) is 39.0 Å². The number of rotatable bonds is 6. The summed E-state index contributed by atoms with van der Waals surface area (Å²) >= 11 is 0. The van der Waals surface area contributed by atoms with Crippen LogP contribution in [0.5, 0.6) is 0 Å². The van der Waals surface area contributed by atoms with Gasteiger partial charge in [0.1, 0.15) is 0 Å². The Morgan fingerprint density at radius 1 is 1.32 bits per heavy atom. The quantitative estimate of drug-likeness (QED) is 0.379. The van der Waals surface area contributed by atoms with E-state index in [9.17, 15) is 4.79 Å². The number of hydrogen-bond acceptors (Lipinski definition) is 2. The fraction of sp³-hybridized carbons (Fsp3) is 0.500. The zero-order chi connectivity index (χ0) is 15.1. The van der Waals surface area contributed by atoms with Crippen LogP contribution in [0, 0.1) is 0 Å². The molecule has 1 amide bonds. The van der Waals surface area contributed by atoms with Crippen LogP contribution in [-0.4, -0.2) is 25.0 Å². The topological polar surface area (TPSA) is 79.5 Å². The lowest BCUT2D eigenvalue weighted by atomic mass is 10.1. The van der Waals surface area contributed by atoms with Crippen LogP contribution >= 0.6 is 24.0 Å². The van der Waals surface area contributed by atoms with Gasteiger partial charge in [0.25, 0.3) is 0 Å². The van der Waals surface area contributed by atoms with Crippen LogP contribution in [0.2, 0.25) is 0 Å². The number of nitrogens with one attached hydrogen (secondary N) is 2. The fourth-order valence-electron chi connectivity index (χ4n) is 2.47. The third-order valence-electron chi connectivity index (χ3n) is 3.56. The molecule has 0 unspecified atom stereocenters. The summed E-state index contributed by atoms with van der Waals surface area (Å²) in [5, 5.41) is 5.90. The Hall–Kier alpha value is -1.31. The van der Waals surface area contributed by atoms with Crippen molar-refractivity contribution in [3.63, 3.8) is 0 Å². The molecule has 0 aliphatic heterocycles. The Kier molecular flexibility index (Phi) is 8.22. The number of guanidine groups is 1. The largest absolute Gasteiger partial charge is 0.370 e. The summed E-state index contributed by atoms with van der Waals surface area (Å²) in [5.74, 6) is 0.377. The summed E-state index contributed by atoms with van der Waals surface area (Å²) in [6, 6.07) is 6.31. The summed E-state index contributed by atoms with van der Waals surface area (Å²) < 4.78 is 0. The predicted octanol–water partition coefficient (Wildman–Crippen LogP) is 2.44. The van der Waals surface area contributed by atoms with Crippen LogP contribution in [-0.2, 0) is 17.6 Å². The van der Waals surface area contributed by atoms with Crippen LogP contribution in [0.25, 0.3) is 0 Å². The highest BCUT2D eigenvalue weighted by molar-refractivity contribution is 14.0. The molecule has 0 saturated carbocycles. The van der Waals surface area contributed by atoms with Crippen molar-refractivity contribution in [3.8, 4) is 0 Å². The molecule has 0 fully saturated rings. The molecule has 0 radical (unpaired) electrons. The Bertz CT molecular complexity index is 531. The van der Waals surface area contributed by atoms with Gasteiger partial charge in [-0.3, -0.25) is 9.79 Å². The molecule has 2 rings (SSSR count). The smallest absolute Gasteiger partial charge is 0.221 e. The van der Waals surface area contributed by atoms with Crippen molar-refractivity contribution in [2.24, 2.45) is 10.7 Å². The van der Waals surface area contributed by atoms with Gasteiger partial charge in [-0.15, -0.1) is 24.0 Å². The number of aliphatic imine (C=N–C) groups is 1. The molecule has 1 aliphatic rings. The molecule has 5 nitrogen and oxygen atoms in total. The van der Waals surface area contributed by atoms with Crippen LogP contribution in [0.3, 0.4) is 0 Å². The Labute approximate surface area is 149 Å². The molecule has 1 aromatic rings. The third kappa shape index (κ3) is 5.82. The molecule has 0 atom stereocenters. The average Bonchev–Trinajstić information content (AvgIpc) is 2.92. The number of halogens is 1. The van der Waals surface area contributed by atoms with Gasteiger partial charge in [-0.2, -0.15) is 0 Å². The van der Waals surface area contributed by atoms with E-state index in [0.717, 1.165) is 18.5 Å². The molecule has 0 aromatic heterocycles. The lowest BCUT2D eigenvalue weighted by molar-refractivity contribution is -0.120. The molecule has 0 bridgehead atoms. The minimum absolute atomic E-state index is 0. The summed E-state index contributed by atoms with van der Waals surface area (Å²) in [6.45, 7) is 3.14. The predicted molar refractivity (Wildman–Crippen MR) is 102 cm³/mol. The molecule has 122 valence electrons. The van der Waals surface area contributed by atoms with Crippen LogP contribution in [0.4, 0.5) is 5.69 Å². The molecule has 0 saturated heterocycles. The van der Waals surface area contributed by atoms with E-state index in [2.05, 4.69) is 27.8 Å². The normalized spacial score (nSPS) is 13.2. The van der Waals surface area contributed by atoms with E-state index in [-0.39, 0.29) is 29.9 Å². The minimum atomic E-state index is 0. The lowest BCUT2D eigenvalue weighted by Crippen LogP contribution is -2.26. The first-order chi connectivity index (χ1) is 10.2. The van der Waals surface area contributed by atoms with Crippen molar-refractivity contribution < 1.29 is 4.79 Å². The van der Waals surface area contributed by atoms with Gasteiger partial charge in [-0.25, -0.2) is 0 Å². The monoisotopic (exact) mass is 416 g/mol. The van der Waals surface area contributed by atoms with Crippen molar-refractivity contribution in [1.82, 2.24) is 5.32 Å². The van der Waals surface area contributed by atoms with E-state index >= 15 is 0 Å². The second-order valence-corrected chi connectivity index (χ2v) is 5.33. The summed E-state index contributed by atoms with van der Waals surface area (Å²) in [5.41, 5.74) is 9.64. The van der Waals surface area contributed by atoms with Crippen molar-refractivity contribution >= 4 is 41.5 Å².